The van der Waals surface area contributed by atoms with Gasteiger partial charge in [-0.05, 0) is 36.3 Å². The smallest absolute Gasteiger partial charge is 0.225 e. The van der Waals surface area contributed by atoms with Crippen molar-refractivity contribution in [2.45, 2.75) is 26.7 Å². The maximum atomic E-state index is 11.7. The van der Waals surface area contributed by atoms with Crippen LogP contribution in [0.3, 0.4) is 0 Å². The van der Waals surface area contributed by atoms with Crippen LogP contribution in [-0.4, -0.2) is 17.4 Å². The van der Waals surface area contributed by atoms with Crippen LogP contribution >= 0.6 is 11.8 Å². The fourth-order valence-corrected chi connectivity index (χ4v) is 2.65. The number of nitrogens with one attached hydrogen (secondary N) is 1. The average molecular weight is 276 g/mol. The number of hydrogen-bond donors (Lipinski definition) is 1. The van der Waals surface area contributed by atoms with Crippen molar-refractivity contribution in [3.8, 4) is 6.07 Å². The average Bonchev–Trinajstić information content (AvgIpc) is 2.38. The molecule has 0 atom stereocenters. The number of amides is 1. The van der Waals surface area contributed by atoms with E-state index in [9.17, 15) is 4.79 Å². The highest BCUT2D eigenvalue weighted by Gasteiger charge is 2.03. The molecule has 0 saturated heterocycles. The lowest BCUT2D eigenvalue weighted by atomic mass is 10.2. The number of benzene rings is 1. The zero-order valence-corrected chi connectivity index (χ0v) is 12.3. The predicted molar refractivity (Wildman–Crippen MR) is 81.2 cm³/mol. The molecule has 1 rings (SSSR count). The molecule has 1 aromatic rings. The Bertz CT molecular complexity index is 452. The van der Waals surface area contributed by atoms with Crippen LogP contribution in [0, 0.1) is 17.2 Å². The number of hydrogen-bond acceptors (Lipinski definition) is 3. The minimum absolute atomic E-state index is 0.00661. The van der Waals surface area contributed by atoms with E-state index in [4.69, 9.17) is 5.26 Å². The highest BCUT2D eigenvalue weighted by molar-refractivity contribution is 7.99. The van der Waals surface area contributed by atoms with Gasteiger partial charge in [-0.15, -0.1) is 0 Å². The molecule has 1 N–H and O–H groups in total. The predicted octanol–water partition coefficient (Wildman–Crippen LogP) is 3.67. The normalized spacial score (nSPS) is 10.2. The van der Waals surface area contributed by atoms with E-state index in [-0.39, 0.29) is 5.91 Å². The van der Waals surface area contributed by atoms with Crippen molar-refractivity contribution in [1.29, 1.82) is 5.26 Å². The summed E-state index contributed by atoms with van der Waals surface area (Å²) in [5, 5.41) is 11.6. The first-order valence-electron chi connectivity index (χ1n) is 6.49. The summed E-state index contributed by atoms with van der Waals surface area (Å²) in [5.74, 6) is 2.67. The lowest BCUT2D eigenvalue weighted by molar-refractivity contribution is -0.115. The minimum atomic E-state index is 0.00661. The Labute approximate surface area is 119 Å². The fourth-order valence-electron chi connectivity index (χ4n) is 1.48. The van der Waals surface area contributed by atoms with Crippen molar-refractivity contribution in [2.24, 2.45) is 5.92 Å². The minimum Gasteiger partial charge on any atom is -0.326 e. The quantitative estimate of drug-likeness (QED) is 0.773. The molecule has 3 nitrogen and oxygen atoms in total. The molecule has 0 unspecified atom stereocenters. The first-order valence-corrected chi connectivity index (χ1v) is 7.65. The van der Waals surface area contributed by atoms with Crippen LogP contribution in [0.4, 0.5) is 5.69 Å². The largest absolute Gasteiger partial charge is 0.326 e. The molecule has 102 valence electrons. The summed E-state index contributed by atoms with van der Waals surface area (Å²) in [5.41, 5.74) is 1.25. The summed E-state index contributed by atoms with van der Waals surface area (Å²) in [6.45, 7) is 4.41. The van der Waals surface area contributed by atoms with E-state index in [0.29, 0.717) is 17.7 Å². The zero-order valence-electron chi connectivity index (χ0n) is 11.5. The van der Waals surface area contributed by atoms with Crippen LogP contribution in [-0.2, 0) is 4.79 Å². The third-order valence-corrected chi connectivity index (χ3v) is 3.61. The summed E-state index contributed by atoms with van der Waals surface area (Å²) >= 11 is 1.81. The molecule has 0 aromatic heterocycles. The lowest BCUT2D eigenvalue weighted by Gasteiger charge is -2.06. The van der Waals surface area contributed by atoms with Crippen LogP contribution in [0.1, 0.15) is 32.3 Å². The van der Waals surface area contributed by atoms with Crippen molar-refractivity contribution in [3.05, 3.63) is 29.8 Å². The van der Waals surface area contributed by atoms with Crippen molar-refractivity contribution < 1.29 is 4.79 Å². The molecule has 19 heavy (non-hydrogen) atoms. The van der Waals surface area contributed by atoms with Crippen molar-refractivity contribution >= 4 is 23.4 Å². The fraction of sp³-hybridized carbons (Fsp3) is 0.467. The number of rotatable bonds is 7. The highest BCUT2D eigenvalue weighted by atomic mass is 32.2. The standard InChI is InChI=1S/C15H20N2OS/c1-12(2)6-8-19-9-7-15(18)17-14-5-3-4-13(10-14)11-16/h3-5,10,12H,6-9H2,1-2H3,(H,17,18). The van der Waals surface area contributed by atoms with E-state index < -0.39 is 0 Å². The summed E-state index contributed by atoms with van der Waals surface area (Å²) in [4.78, 5) is 11.7. The van der Waals surface area contributed by atoms with Crippen molar-refractivity contribution in [2.75, 3.05) is 16.8 Å². The molecule has 0 bridgehead atoms. The molecular formula is C15H20N2OS. The molecule has 0 heterocycles. The number of anilines is 1. The SMILES string of the molecule is CC(C)CCSCCC(=O)Nc1cccc(C#N)c1. The number of carbonyl (C=O) groups is 1. The molecule has 1 amide bonds. The van der Waals surface area contributed by atoms with Crippen LogP contribution in [0.5, 0.6) is 0 Å². The van der Waals surface area contributed by atoms with E-state index in [2.05, 4.69) is 25.2 Å². The topological polar surface area (TPSA) is 52.9 Å². The maximum absolute atomic E-state index is 11.7. The second kappa shape index (κ2) is 8.60. The van der Waals surface area contributed by atoms with E-state index in [1.54, 1.807) is 24.3 Å². The molecule has 0 spiro atoms. The number of carbonyl (C=O) groups excluding carboxylic acids is 1. The second-order valence-electron chi connectivity index (χ2n) is 4.79. The van der Waals surface area contributed by atoms with Crippen LogP contribution in [0.15, 0.2) is 24.3 Å². The van der Waals surface area contributed by atoms with Gasteiger partial charge in [-0.25, -0.2) is 0 Å². The van der Waals surface area contributed by atoms with Gasteiger partial charge in [0, 0.05) is 17.9 Å². The summed E-state index contributed by atoms with van der Waals surface area (Å²) < 4.78 is 0. The zero-order chi connectivity index (χ0) is 14.1. The van der Waals surface area contributed by atoms with Gasteiger partial charge in [0.15, 0.2) is 0 Å². The third-order valence-electron chi connectivity index (χ3n) is 2.59. The Morgan fingerprint density at radius 3 is 2.89 bits per heavy atom. The first kappa shape index (κ1) is 15.6. The van der Waals surface area contributed by atoms with Gasteiger partial charge in [0.1, 0.15) is 0 Å². The number of nitriles is 1. The molecule has 1 aromatic carbocycles. The first-order chi connectivity index (χ1) is 9.11. The van der Waals surface area contributed by atoms with Crippen molar-refractivity contribution in [1.82, 2.24) is 0 Å². The summed E-state index contributed by atoms with van der Waals surface area (Å²) in [6, 6.07) is 9.03. The Kier molecular flexibility index (Phi) is 7.06. The van der Waals surface area contributed by atoms with E-state index >= 15 is 0 Å². The lowest BCUT2D eigenvalue weighted by Crippen LogP contribution is -2.12. The molecule has 0 fully saturated rings. The third kappa shape index (κ3) is 6.88. The van der Waals surface area contributed by atoms with Gasteiger partial charge in [-0.2, -0.15) is 17.0 Å². The molecule has 0 aliphatic carbocycles. The second-order valence-corrected chi connectivity index (χ2v) is 6.01. The number of thioether (sulfide) groups is 1. The van der Waals surface area contributed by atoms with Crippen molar-refractivity contribution in [3.63, 3.8) is 0 Å². The van der Waals surface area contributed by atoms with Gasteiger partial charge in [0.25, 0.3) is 0 Å². The van der Waals surface area contributed by atoms with Crippen LogP contribution in [0.25, 0.3) is 0 Å². The number of nitrogens with zero attached hydrogens (tertiary/aromatic N) is 1. The Morgan fingerprint density at radius 2 is 2.21 bits per heavy atom. The molecule has 0 saturated carbocycles. The molecular weight excluding hydrogens is 256 g/mol. The van der Waals surface area contributed by atoms with Gasteiger partial charge in [-0.3, -0.25) is 4.79 Å². The molecule has 0 aliphatic heterocycles. The monoisotopic (exact) mass is 276 g/mol. The van der Waals surface area contributed by atoms with Crippen LogP contribution in [0.2, 0.25) is 0 Å². The Morgan fingerprint density at radius 1 is 1.42 bits per heavy atom. The summed E-state index contributed by atoms with van der Waals surface area (Å²) in [6.07, 6.45) is 1.70. The van der Waals surface area contributed by atoms with Gasteiger partial charge in [0.2, 0.25) is 5.91 Å². The van der Waals surface area contributed by atoms with Gasteiger partial charge < -0.3 is 5.32 Å². The van der Waals surface area contributed by atoms with Gasteiger partial charge in [-0.1, -0.05) is 19.9 Å². The van der Waals surface area contributed by atoms with Gasteiger partial charge >= 0.3 is 0 Å². The highest BCUT2D eigenvalue weighted by Crippen LogP contribution is 2.12. The molecule has 0 radical (unpaired) electrons. The van der Waals surface area contributed by atoms with Crippen LogP contribution < -0.4 is 5.32 Å². The maximum Gasteiger partial charge on any atom is 0.225 e. The van der Waals surface area contributed by atoms with E-state index in [1.807, 2.05) is 11.8 Å². The summed E-state index contributed by atoms with van der Waals surface area (Å²) in [7, 11) is 0. The van der Waals surface area contributed by atoms with E-state index in [0.717, 1.165) is 17.4 Å². The van der Waals surface area contributed by atoms with Gasteiger partial charge in [0.05, 0.1) is 11.6 Å². The molecule has 0 aliphatic rings. The Balaban J connectivity index is 2.25. The Hall–Kier alpha value is -1.47. The molecule has 4 heteroatoms. The van der Waals surface area contributed by atoms with E-state index in [1.165, 1.54) is 6.42 Å².